The first-order chi connectivity index (χ1) is 6.70. The van der Waals surface area contributed by atoms with E-state index in [2.05, 4.69) is 22.9 Å². The maximum atomic E-state index is 11.8. The Hall–Kier alpha value is -0.250. The Kier molecular flexibility index (Phi) is 3.69. The highest BCUT2D eigenvalue weighted by atomic mass is 79.9. The van der Waals surface area contributed by atoms with Crippen LogP contribution in [0.1, 0.15) is 40.5 Å². The van der Waals surface area contributed by atoms with E-state index in [1.165, 1.54) is 0 Å². The minimum atomic E-state index is -0.406. The van der Waals surface area contributed by atoms with Gasteiger partial charge in [-0.2, -0.15) is 0 Å². The topological polar surface area (TPSA) is 29.5 Å². The molecule has 3 nitrogen and oxygen atoms in total. The zero-order chi connectivity index (χ0) is 11.7. The van der Waals surface area contributed by atoms with Crippen molar-refractivity contribution in [3.63, 3.8) is 0 Å². The first kappa shape index (κ1) is 12.8. The molecule has 1 rings (SSSR count). The van der Waals surface area contributed by atoms with E-state index >= 15 is 0 Å². The summed E-state index contributed by atoms with van der Waals surface area (Å²) >= 11 is 3.63. The fourth-order valence-electron chi connectivity index (χ4n) is 1.68. The lowest BCUT2D eigenvalue weighted by molar-refractivity contribution is 0.0194. The van der Waals surface area contributed by atoms with Gasteiger partial charge in [0.25, 0.3) is 0 Å². The Morgan fingerprint density at radius 1 is 1.47 bits per heavy atom. The number of halogens is 1. The Labute approximate surface area is 100 Å². The summed E-state index contributed by atoms with van der Waals surface area (Å²) in [6, 6.07) is 0. The summed E-state index contributed by atoms with van der Waals surface area (Å²) < 4.78 is 5.38. The van der Waals surface area contributed by atoms with E-state index in [-0.39, 0.29) is 10.4 Å². The van der Waals surface area contributed by atoms with Crippen LogP contribution in [0.4, 0.5) is 4.79 Å². The third-order valence-corrected chi connectivity index (χ3v) is 2.95. The predicted molar refractivity (Wildman–Crippen MR) is 64.4 cm³/mol. The van der Waals surface area contributed by atoms with Crippen molar-refractivity contribution in [1.82, 2.24) is 4.90 Å². The number of nitrogens with zero attached hydrogens (tertiary/aromatic N) is 1. The molecule has 0 aromatic carbocycles. The molecule has 0 spiro atoms. The monoisotopic (exact) mass is 277 g/mol. The number of carbonyl (C=O) groups is 1. The average Bonchev–Trinajstić information content (AvgIpc) is 1.99. The average molecular weight is 278 g/mol. The number of ether oxygens (including phenoxy) is 1. The minimum Gasteiger partial charge on any atom is -0.444 e. The predicted octanol–water partition coefficient (Wildman–Crippen LogP) is 3.17. The maximum Gasteiger partial charge on any atom is 0.410 e. The summed E-state index contributed by atoms with van der Waals surface area (Å²) in [7, 11) is 0. The zero-order valence-corrected chi connectivity index (χ0v) is 11.6. The van der Waals surface area contributed by atoms with Crippen LogP contribution in [-0.2, 0) is 4.74 Å². The lowest BCUT2D eigenvalue weighted by Crippen LogP contribution is -2.47. The quantitative estimate of drug-likeness (QED) is 0.637. The summed E-state index contributed by atoms with van der Waals surface area (Å²) in [5.41, 5.74) is -0.406. The van der Waals surface area contributed by atoms with Gasteiger partial charge in [-0.05, 0) is 40.5 Å². The Balaban J connectivity index is 2.53. The van der Waals surface area contributed by atoms with Crippen LogP contribution in [0.2, 0.25) is 0 Å². The highest BCUT2D eigenvalue weighted by Crippen LogP contribution is 2.29. The molecule has 1 aliphatic rings. The second kappa shape index (κ2) is 4.32. The largest absolute Gasteiger partial charge is 0.444 e. The first-order valence-corrected chi connectivity index (χ1v) is 6.16. The van der Waals surface area contributed by atoms with Gasteiger partial charge < -0.3 is 9.64 Å². The second-order valence-electron chi connectivity index (χ2n) is 5.42. The number of hydrogen-bond acceptors (Lipinski definition) is 2. The standard InChI is InChI=1S/C11H20BrNO2/c1-10(2,3)15-9(14)13-7-5-6-11(4,12)8-13/h5-8H2,1-4H3. The Morgan fingerprint density at radius 3 is 2.53 bits per heavy atom. The molecular weight excluding hydrogens is 258 g/mol. The number of amides is 1. The molecule has 1 atom stereocenters. The van der Waals surface area contributed by atoms with Crippen molar-refractivity contribution in [3.8, 4) is 0 Å². The normalized spacial score (nSPS) is 27.7. The first-order valence-electron chi connectivity index (χ1n) is 5.36. The SMILES string of the molecule is CC1(Br)CCCN(C(=O)OC(C)(C)C)C1. The van der Waals surface area contributed by atoms with Gasteiger partial charge in [0.15, 0.2) is 0 Å². The van der Waals surface area contributed by atoms with E-state index in [0.717, 1.165) is 25.9 Å². The third-order valence-electron chi connectivity index (χ3n) is 2.30. The summed E-state index contributed by atoms with van der Waals surface area (Å²) in [5, 5.41) is 0. The summed E-state index contributed by atoms with van der Waals surface area (Å²) in [6.07, 6.45) is 1.93. The van der Waals surface area contributed by atoms with E-state index in [0.29, 0.717) is 0 Å². The van der Waals surface area contributed by atoms with E-state index < -0.39 is 5.60 Å². The number of alkyl halides is 1. The van der Waals surface area contributed by atoms with Gasteiger partial charge in [0, 0.05) is 17.4 Å². The van der Waals surface area contributed by atoms with Crippen LogP contribution in [0.25, 0.3) is 0 Å². The molecule has 0 N–H and O–H groups in total. The van der Waals surface area contributed by atoms with Crippen molar-refractivity contribution >= 4 is 22.0 Å². The Morgan fingerprint density at radius 2 is 2.07 bits per heavy atom. The van der Waals surface area contributed by atoms with Crippen molar-refractivity contribution < 1.29 is 9.53 Å². The molecule has 1 amide bonds. The highest BCUT2D eigenvalue weighted by molar-refractivity contribution is 9.10. The molecule has 88 valence electrons. The van der Waals surface area contributed by atoms with E-state index in [1.54, 1.807) is 4.90 Å². The lowest BCUT2D eigenvalue weighted by atomic mass is 10.0. The number of rotatable bonds is 0. The number of piperidine rings is 1. The van der Waals surface area contributed by atoms with Gasteiger partial charge in [-0.15, -0.1) is 0 Å². The second-order valence-corrected chi connectivity index (χ2v) is 7.33. The molecule has 1 aliphatic heterocycles. The van der Waals surface area contributed by atoms with Crippen LogP contribution >= 0.6 is 15.9 Å². The van der Waals surface area contributed by atoms with Crippen LogP contribution in [0.3, 0.4) is 0 Å². The summed E-state index contributed by atoms with van der Waals surface area (Å²) in [6.45, 7) is 9.31. The molecule has 0 aromatic rings. The maximum absolute atomic E-state index is 11.8. The molecule has 1 unspecified atom stereocenters. The van der Waals surface area contributed by atoms with Gasteiger partial charge in [-0.3, -0.25) is 0 Å². The fraction of sp³-hybridized carbons (Fsp3) is 0.909. The number of carbonyl (C=O) groups excluding carboxylic acids is 1. The van der Waals surface area contributed by atoms with Crippen LogP contribution in [-0.4, -0.2) is 34.0 Å². The van der Waals surface area contributed by atoms with Gasteiger partial charge in [-0.1, -0.05) is 15.9 Å². The molecule has 1 heterocycles. The molecule has 0 bridgehead atoms. The molecule has 0 saturated carbocycles. The molecule has 1 saturated heterocycles. The Bertz CT molecular complexity index is 245. The van der Waals surface area contributed by atoms with Crippen molar-refractivity contribution in [1.29, 1.82) is 0 Å². The molecule has 0 aliphatic carbocycles. The van der Waals surface area contributed by atoms with Crippen LogP contribution in [0.5, 0.6) is 0 Å². The van der Waals surface area contributed by atoms with Crippen molar-refractivity contribution in [3.05, 3.63) is 0 Å². The minimum absolute atomic E-state index is 0.0438. The van der Waals surface area contributed by atoms with Gasteiger partial charge >= 0.3 is 6.09 Å². The fourth-order valence-corrected chi connectivity index (χ4v) is 2.26. The summed E-state index contributed by atoms with van der Waals surface area (Å²) in [4.78, 5) is 13.6. The highest BCUT2D eigenvalue weighted by Gasteiger charge is 2.32. The zero-order valence-electron chi connectivity index (χ0n) is 9.97. The van der Waals surface area contributed by atoms with Crippen molar-refractivity contribution in [2.75, 3.05) is 13.1 Å². The number of hydrogen-bond donors (Lipinski definition) is 0. The van der Waals surface area contributed by atoms with Gasteiger partial charge in [0.1, 0.15) is 5.60 Å². The van der Waals surface area contributed by atoms with E-state index in [9.17, 15) is 4.79 Å². The smallest absolute Gasteiger partial charge is 0.410 e. The van der Waals surface area contributed by atoms with Crippen LogP contribution in [0, 0.1) is 0 Å². The van der Waals surface area contributed by atoms with E-state index in [1.807, 2.05) is 20.8 Å². The molecule has 15 heavy (non-hydrogen) atoms. The van der Waals surface area contributed by atoms with Gasteiger partial charge in [0.2, 0.25) is 0 Å². The molecule has 0 aromatic heterocycles. The van der Waals surface area contributed by atoms with Crippen molar-refractivity contribution in [2.45, 2.75) is 50.5 Å². The summed E-state index contributed by atoms with van der Waals surface area (Å²) in [5.74, 6) is 0. The molecule has 1 fully saturated rings. The van der Waals surface area contributed by atoms with E-state index in [4.69, 9.17) is 4.74 Å². The van der Waals surface area contributed by atoms with Crippen LogP contribution in [0.15, 0.2) is 0 Å². The lowest BCUT2D eigenvalue weighted by Gasteiger charge is -2.37. The van der Waals surface area contributed by atoms with Crippen LogP contribution < -0.4 is 0 Å². The van der Waals surface area contributed by atoms with Gasteiger partial charge in [-0.25, -0.2) is 4.79 Å². The van der Waals surface area contributed by atoms with Crippen molar-refractivity contribution in [2.24, 2.45) is 0 Å². The molecule has 4 heteroatoms. The van der Waals surface area contributed by atoms with Gasteiger partial charge in [0.05, 0.1) is 0 Å². The third kappa shape index (κ3) is 4.41. The molecular formula is C11H20BrNO2. The molecule has 0 radical (unpaired) electrons. The number of likely N-dealkylation sites (tertiary alicyclic amines) is 1.